The maximum absolute atomic E-state index is 15.0. The minimum Gasteiger partial charge on any atom is -0.377 e. The molecule has 0 spiro atoms. The summed E-state index contributed by atoms with van der Waals surface area (Å²) in [6.07, 6.45) is 2.42. The lowest BCUT2D eigenvalue weighted by atomic mass is 9.86. The average molecular weight is 339 g/mol. The van der Waals surface area contributed by atoms with E-state index in [2.05, 4.69) is 10.1 Å². The van der Waals surface area contributed by atoms with Crippen molar-refractivity contribution in [2.24, 2.45) is 0 Å². The number of benzene rings is 1. The zero-order valence-electron chi connectivity index (χ0n) is 11.7. The number of hydrogen-bond acceptors (Lipinski definition) is 4. The van der Waals surface area contributed by atoms with Crippen LogP contribution in [0, 0.1) is 5.82 Å². The van der Waals surface area contributed by atoms with Crippen LogP contribution in [-0.2, 0) is 18.1 Å². The van der Waals surface area contributed by atoms with E-state index in [0.717, 1.165) is 40.3 Å². The van der Waals surface area contributed by atoms with Gasteiger partial charge in [-0.1, -0.05) is 18.2 Å². The minimum atomic E-state index is -3.59. The topological polar surface area (TPSA) is 50.9 Å². The third-order valence-electron chi connectivity index (χ3n) is 3.53. The van der Waals surface area contributed by atoms with Crippen molar-refractivity contribution in [1.29, 1.82) is 0 Å². The lowest BCUT2D eigenvalue weighted by Crippen LogP contribution is -2.46. The second kappa shape index (κ2) is 5.78. The van der Waals surface area contributed by atoms with E-state index in [1.807, 2.05) is 0 Å². The Morgan fingerprint density at radius 2 is 1.91 bits per heavy atom. The number of alkyl halides is 2. The zero-order valence-corrected chi connectivity index (χ0v) is 12.6. The van der Waals surface area contributed by atoms with Gasteiger partial charge in [-0.2, -0.15) is 13.9 Å². The van der Waals surface area contributed by atoms with E-state index in [1.54, 1.807) is 0 Å². The first-order valence-electron chi connectivity index (χ1n) is 6.66. The molecule has 4 nitrogen and oxygen atoms in total. The number of rotatable bonds is 5. The van der Waals surface area contributed by atoms with Gasteiger partial charge in [0.15, 0.2) is 5.60 Å². The van der Waals surface area contributed by atoms with Crippen molar-refractivity contribution in [2.45, 2.75) is 18.1 Å². The molecule has 0 bridgehead atoms. The van der Waals surface area contributed by atoms with E-state index in [0.29, 0.717) is 0 Å². The van der Waals surface area contributed by atoms with Crippen molar-refractivity contribution in [3.8, 4) is 0 Å². The maximum Gasteiger partial charge on any atom is 0.316 e. The summed E-state index contributed by atoms with van der Waals surface area (Å²) in [4.78, 5) is 3.41. The summed E-state index contributed by atoms with van der Waals surface area (Å²) in [5.74, 6) is -4.17. The third kappa shape index (κ3) is 2.75. The van der Waals surface area contributed by atoms with Crippen molar-refractivity contribution in [3.05, 3.63) is 70.7 Å². The largest absolute Gasteiger partial charge is 0.377 e. The summed E-state index contributed by atoms with van der Waals surface area (Å²) in [6.45, 7) is -0.524. The lowest BCUT2D eigenvalue weighted by Gasteiger charge is -2.35. The summed E-state index contributed by atoms with van der Waals surface area (Å²) in [6, 6.07) is 7.09. The van der Waals surface area contributed by atoms with Crippen molar-refractivity contribution in [1.82, 2.24) is 14.8 Å². The van der Waals surface area contributed by atoms with Gasteiger partial charge >= 0.3 is 5.92 Å². The quantitative estimate of drug-likeness (QED) is 0.777. The van der Waals surface area contributed by atoms with Crippen LogP contribution in [-0.4, -0.2) is 19.9 Å². The molecular formula is C15H12F3N3OS. The molecule has 0 fully saturated rings. The van der Waals surface area contributed by atoms with Crippen LogP contribution in [0.2, 0.25) is 0 Å². The first-order chi connectivity index (χ1) is 10.9. The molecule has 120 valence electrons. The highest BCUT2D eigenvalue weighted by Crippen LogP contribution is 2.47. The molecule has 23 heavy (non-hydrogen) atoms. The molecule has 0 saturated carbocycles. The molecule has 2 heterocycles. The Balaban J connectivity index is 2.11. The molecule has 3 aromatic rings. The molecule has 0 aliphatic rings. The first kappa shape index (κ1) is 15.7. The number of thiophene rings is 1. The molecule has 1 aromatic carbocycles. The Kier molecular flexibility index (Phi) is 3.95. The van der Waals surface area contributed by atoms with Crippen LogP contribution >= 0.6 is 11.3 Å². The Morgan fingerprint density at radius 1 is 1.17 bits per heavy atom. The molecule has 1 atom stereocenters. The summed E-state index contributed by atoms with van der Waals surface area (Å²) in [7, 11) is 0. The molecule has 0 radical (unpaired) electrons. The predicted octanol–water partition coefficient (Wildman–Crippen LogP) is 3.16. The van der Waals surface area contributed by atoms with Crippen molar-refractivity contribution >= 4 is 11.3 Å². The van der Waals surface area contributed by atoms with Gasteiger partial charge < -0.3 is 5.11 Å². The molecule has 0 amide bonds. The van der Waals surface area contributed by atoms with Crippen LogP contribution in [0.1, 0.15) is 10.4 Å². The normalized spacial score (nSPS) is 14.6. The van der Waals surface area contributed by atoms with E-state index in [1.165, 1.54) is 30.2 Å². The van der Waals surface area contributed by atoms with Gasteiger partial charge in [0.2, 0.25) is 0 Å². The summed E-state index contributed by atoms with van der Waals surface area (Å²) in [5, 5.41) is 16.2. The maximum atomic E-state index is 15.0. The second-order valence-corrected chi connectivity index (χ2v) is 5.96. The fourth-order valence-corrected chi connectivity index (χ4v) is 3.09. The third-order valence-corrected chi connectivity index (χ3v) is 4.47. The Labute approximate surface area is 133 Å². The van der Waals surface area contributed by atoms with Gasteiger partial charge in [0, 0.05) is 0 Å². The fourth-order valence-electron chi connectivity index (χ4n) is 2.31. The first-order valence-corrected chi connectivity index (χ1v) is 7.54. The zero-order chi connectivity index (χ0) is 16.5. The van der Waals surface area contributed by atoms with E-state index < -0.39 is 23.9 Å². The fraction of sp³-hybridized carbons (Fsp3) is 0.200. The highest BCUT2D eigenvalue weighted by Gasteiger charge is 2.56. The van der Waals surface area contributed by atoms with E-state index in [4.69, 9.17) is 0 Å². The number of halogens is 3. The highest BCUT2D eigenvalue weighted by molar-refractivity contribution is 7.10. The van der Waals surface area contributed by atoms with Crippen molar-refractivity contribution in [2.75, 3.05) is 0 Å². The standard InChI is InChI=1S/C15H12F3N3OS/c16-12-5-3-11(4-6-12)14(22,8-21-10-19-9-20-21)15(17,18)13-2-1-7-23-13/h1-7,9-10,22H,8H2. The summed E-state index contributed by atoms with van der Waals surface area (Å²) >= 11 is 0.838. The van der Waals surface area contributed by atoms with Crippen LogP contribution in [0.5, 0.6) is 0 Å². The van der Waals surface area contributed by atoms with Gasteiger partial charge in [-0.25, -0.2) is 14.1 Å². The molecule has 3 rings (SSSR count). The second-order valence-electron chi connectivity index (χ2n) is 5.01. The number of hydrogen-bond donors (Lipinski definition) is 1. The molecule has 0 saturated heterocycles. The molecule has 1 unspecified atom stereocenters. The van der Waals surface area contributed by atoms with Gasteiger partial charge in [0.05, 0.1) is 11.4 Å². The number of aromatic nitrogens is 3. The van der Waals surface area contributed by atoms with Gasteiger partial charge in [0.25, 0.3) is 0 Å². The van der Waals surface area contributed by atoms with E-state index in [-0.39, 0.29) is 10.4 Å². The molecular weight excluding hydrogens is 327 g/mol. The van der Waals surface area contributed by atoms with Crippen LogP contribution in [0.4, 0.5) is 13.2 Å². The van der Waals surface area contributed by atoms with E-state index in [9.17, 15) is 9.50 Å². The van der Waals surface area contributed by atoms with Gasteiger partial charge in [-0.05, 0) is 29.1 Å². The molecule has 0 aliphatic carbocycles. The Morgan fingerprint density at radius 3 is 2.48 bits per heavy atom. The molecule has 8 heteroatoms. The average Bonchev–Trinajstić information content (AvgIpc) is 3.21. The lowest BCUT2D eigenvalue weighted by molar-refractivity contribution is -0.202. The van der Waals surface area contributed by atoms with Gasteiger partial charge in [0.1, 0.15) is 18.5 Å². The van der Waals surface area contributed by atoms with Crippen LogP contribution in [0.25, 0.3) is 0 Å². The Hall–Kier alpha value is -2.19. The van der Waals surface area contributed by atoms with Crippen molar-refractivity contribution < 1.29 is 18.3 Å². The smallest absolute Gasteiger partial charge is 0.316 e. The minimum absolute atomic E-state index is 0.104. The SMILES string of the molecule is OC(Cn1cncn1)(c1ccc(F)cc1)C(F)(F)c1cccs1. The highest BCUT2D eigenvalue weighted by atomic mass is 32.1. The summed E-state index contributed by atoms with van der Waals surface area (Å²) in [5.41, 5.74) is -2.70. The monoisotopic (exact) mass is 339 g/mol. The summed E-state index contributed by atoms with van der Waals surface area (Å²) < 4.78 is 44.3. The van der Waals surface area contributed by atoms with Gasteiger partial charge in [-0.3, -0.25) is 0 Å². The van der Waals surface area contributed by atoms with Crippen molar-refractivity contribution in [3.63, 3.8) is 0 Å². The molecule has 1 N–H and O–H groups in total. The Bertz CT molecular complexity index is 760. The number of nitrogens with zero attached hydrogens (tertiary/aromatic N) is 3. The van der Waals surface area contributed by atoms with E-state index >= 15 is 8.78 Å². The van der Waals surface area contributed by atoms with Crippen LogP contribution < -0.4 is 0 Å². The van der Waals surface area contributed by atoms with Crippen LogP contribution in [0.15, 0.2) is 54.4 Å². The molecule has 2 aromatic heterocycles. The number of aliphatic hydroxyl groups is 1. The predicted molar refractivity (Wildman–Crippen MR) is 78.5 cm³/mol. The van der Waals surface area contributed by atoms with Crippen LogP contribution in [0.3, 0.4) is 0 Å². The molecule has 0 aliphatic heterocycles. The van der Waals surface area contributed by atoms with Gasteiger partial charge in [-0.15, -0.1) is 11.3 Å².